The number of benzene rings is 3. The topological polar surface area (TPSA) is 91.3 Å². The average molecular weight is 465 g/mol. The molecule has 1 unspecified atom stereocenters. The van der Waals surface area contributed by atoms with Crippen molar-refractivity contribution >= 4 is 11.9 Å². The molecule has 178 valence electrons. The Kier molecular flexibility index (Phi) is 9.80. The Morgan fingerprint density at radius 3 is 1.56 bits per heavy atom. The van der Waals surface area contributed by atoms with Crippen LogP contribution in [-0.2, 0) is 14.3 Å². The zero-order valence-corrected chi connectivity index (χ0v) is 18.7. The number of ether oxygens (including phenoxy) is 4. The van der Waals surface area contributed by atoms with Crippen molar-refractivity contribution in [2.45, 2.75) is 38.1 Å². The standard InChI is InChI=1S/C27H28O7/c28-25(29)18-10-11-19-26(30)31-20-24(32-21-12-4-1-5-13-21)27(33-22-14-6-2-7-15-22)34-23-16-8-3-9-17-23/h1-9,12-17,24,27H,10-11,18-20H2,(H,28,29). The quantitative estimate of drug-likeness (QED) is 0.201. The van der Waals surface area contributed by atoms with Gasteiger partial charge < -0.3 is 24.1 Å². The van der Waals surface area contributed by atoms with E-state index < -0.39 is 24.3 Å². The molecule has 0 aliphatic rings. The lowest BCUT2D eigenvalue weighted by molar-refractivity contribution is -0.153. The second kappa shape index (κ2) is 13.5. The van der Waals surface area contributed by atoms with E-state index in [1.807, 2.05) is 54.6 Å². The van der Waals surface area contributed by atoms with E-state index in [2.05, 4.69) is 0 Å². The first-order valence-corrected chi connectivity index (χ1v) is 11.1. The van der Waals surface area contributed by atoms with Crippen LogP contribution in [0.2, 0.25) is 0 Å². The number of esters is 1. The van der Waals surface area contributed by atoms with Crippen molar-refractivity contribution in [1.82, 2.24) is 0 Å². The van der Waals surface area contributed by atoms with Gasteiger partial charge in [0.25, 0.3) is 6.29 Å². The molecule has 7 nitrogen and oxygen atoms in total. The molecular formula is C27H28O7. The molecule has 0 radical (unpaired) electrons. The fourth-order valence-corrected chi connectivity index (χ4v) is 3.08. The summed E-state index contributed by atoms with van der Waals surface area (Å²) in [4.78, 5) is 22.9. The van der Waals surface area contributed by atoms with Gasteiger partial charge in [0.2, 0.25) is 6.10 Å². The van der Waals surface area contributed by atoms with Crippen LogP contribution in [0.25, 0.3) is 0 Å². The van der Waals surface area contributed by atoms with Crippen molar-refractivity contribution in [3.63, 3.8) is 0 Å². The van der Waals surface area contributed by atoms with Gasteiger partial charge in [-0.1, -0.05) is 54.6 Å². The van der Waals surface area contributed by atoms with E-state index in [9.17, 15) is 9.59 Å². The summed E-state index contributed by atoms with van der Waals surface area (Å²) in [7, 11) is 0. The molecule has 34 heavy (non-hydrogen) atoms. The smallest absolute Gasteiger partial charge is 0.305 e. The number of carboxylic acid groups (broad SMARTS) is 1. The third kappa shape index (κ3) is 8.86. The van der Waals surface area contributed by atoms with Crippen LogP contribution in [0.5, 0.6) is 17.2 Å². The molecule has 1 N–H and O–H groups in total. The van der Waals surface area contributed by atoms with Crippen molar-refractivity contribution in [1.29, 1.82) is 0 Å². The molecule has 0 aliphatic heterocycles. The molecule has 3 aromatic carbocycles. The maximum Gasteiger partial charge on any atom is 0.305 e. The Bertz CT molecular complexity index is 952. The first-order valence-electron chi connectivity index (χ1n) is 11.1. The largest absolute Gasteiger partial charge is 0.481 e. The minimum atomic E-state index is -0.926. The van der Waals surface area contributed by atoms with Crippen LogP contribution in [0, 0.1) is 0 Å². The zero-order valence-electron chi connectivity index (χ0n) is 18.7. The lowest BCUT2D eigenvalue weighted by Crippen LogP contribution is -2.44. The first kappa shape index (κ1) is 24.6. The van der Waals surface area contributed by atoms with Gasteiger partial charge in [0, 0.05) is 12.8 Å². The van der Waals surface area contributed by atoms with E-state index in [1.165, 1.54) is 0 Å². The van der Waals surface area contributed by atoms with Crippen LogP contribution in [-0.4, -0.2) is 36.0 Å². The van der Waals surface area contributed by atoms with Crippen molar-refractivity contribution in [3.05, 3.63) is 91.0 Å². The van der Waals surface area contributed by atoms with Crippen LogP contribution < -0.4 is 14.2 Å². The molecule has 0 fully saturated rings. The van der Waals surface area contributed by atoms with E-state index in [0.29, 0.717) is 30.1 Å². The number of carboxylic acids is 1. The number of para-hydroxylation sites is 3. The summed E-state index contributed by atoms with van der Waals surface area (Å²) >= 11 is 0. The van der Waals surface area contributed by atoms with E-state index >= 15 is 0 Å². The molecule has 0 saturated carbocycles. The van der Waals surface area contributed by atoms with E-state index in [4.69, 9.17) is 24.1 Å². The molecule has 1 atom stereocenters. The molecule has 0 heterocycles. The summed E-state index contributed by atoms with van der Waals surface area (Å²) < 4.78 is 23.8. The number of carbonyl (C=O) groups excluding carboxylic acids is 1. The van der Waals surface area contributed by atoms with Gasteiger partial charge in [-0.15, -0.1) is 0 Å². The fraction of sp³-hybridized carbons (Fsp3) is 0.259. The minimum absolute atomic E-state index is 0.0188. The molecule has 0 amide bonds. The van der Waals surface area contributed by atoms with Crippen LogP contribution in [0.15, 0.2) is 91.0 Å². The number of rotatable bonds is 14. The highest BCUT2D eigenvalue weighted by molar-refractivity contribution is 5.69. The predicted octanol–water partition coefficient (Wildman–Crippen LogP) is 5.11. The van der Waals surface area contributed by atoms with Crippen molar-refractivity contribution in [3.8, 4) is 17.2 Å². The second-order valence-electron chi connectivity index (χ2n) is 7.48. The number of carbonyl (C=O) groups is 2. The summed E-state index contributed by atoms with van der Waals surface area (Å²) in [6, 6.07) is 27.5. The van der Waals surface area contributed by atoms with E-state index in [1.54, 1.807) is 36.4 Å². The monoisotopic (exact) mass is 464 g/mol. The Hall–Kier alpha value is -4.00. The van der Waals surface area contributed by atoms with Gasteiger partial charge in [-0.3, -0.25) is 9.59 Å². The Morgan fingerprint density at radius 1 is 0.647 bits per heavy atom. The highest BCUT2D eigenvalue weighted by Gasteiger charge is 2.29. The molecule has 0 aliphatic carbocycles. The van der Waals surface area contributed by atoms with Crippen LogP contribution >= 0.6 is 0 Å². The van der Waals surface area contributed by atoms with E-state index in [-0.39, 0.29) is 19.4 Å². The minimum Gasteiger partial charge on any atom is -0.481 e. The van der Waals surface area contributed by atoms with Gasteiger partial charge in [-0.05, 0) is 49.2 Å². The molecule has 0 saturated heterocycles. The first-order chi connectivity index (χ1) is 16.6. The Morgan fingerprint density at radius 2 is 1.09 bits per heavy atom. The fourth-order valence-electron chi connectivity index (χ4n) is 3.08. The zero-order chi connectivity index (χ0) is 24.0. The van der Waals surface area contributed by atoms with E-state index in [0.717, 1.165) is 0 Å². The molecule has 3 aromatic rings. The third-order valence-electron chi connectivity index (χ3n) is 4.76. The van der Waals surface area contributed by atoms with Gasteiger partial charge in [0.15, 0.2) is 0 Å². The molecule has 7 heteroatoms. The summed E-state index contributed by atoms with van der Waals surface area (Å²) in [6.07, 6.45) is -0.735. The number of hydrogen-bond donors (Lipinski definition) is 1. The lowest BCUT2D eigenvalue weighted by atomic mass is 10.2. The van der Waals surface area contributed by atoms with Crippen LogP contribution in [0.4, 0.5) is 0 Å². The summed E-state index contributed by atoms with van der Waals surface area (Å²) in [5.74, 6) is 0.396. The second-order valence-corrected chi connectivity index (χ2v) is 7.48. The Balaban J connectivity index is 1.73. The highest BCUT2D eigenvalue weighted by atomic mass is 16.7. The predicted molar refractivity (Wildman–Crippen MR) is 126 cm³/mol. The lowest BCUT2D eigenvalue weighted by Gasteiger charge is -2.28. The molecule has 0 aromatic heterocycles. The summed E-state index contributed by atoms with van der Waals surface area (Å²) in [5.41, 5.74) is 0. The molecule has 0 bridgehead atoms. The van der Waals surface area contributed by atoms with Gasteiger partial charge in [0.05, 0.1) is 0 Å². The Labute approximate surface area is 198 Å². The highest BCUT2D eigenvalue weighted by Crippen LogP contribution is 2.21. The molecule has 0 spiro atoms. The molecule has 3 rings (SSSR count). The number of hydrogen-bond acceptors (Lipinski definition) is 6. The van der Waals surface area contributed by atoms with Gasteiger partial charge in [-0.2, -0.15) is 0 Å². The SMILES string of the molecule is O=C(O)CCCCC(=O)OCC(Oc1ccccc1)C(Oc1ccccc1)Oc1ccccc1. The molecular weight excluding hydrogens is 436 g/mol. The van der Waals surface area contributed by atoms with Gasteiger partial charge >= 0.3 is 11.9 Å². The maximum atomic E-state index is 12.3. The third-order valence-corrected chi connectivity index (χ3v) is 4.76. The van der Waals surface area contributed by atoms with Crippen LogP contribution in [0.1, 0.15) is 25.7 Å². The van der Waals surface area contributed by atoms with Crippen molar-refractivity contribution < 1.29 is 33.6 Å². The average Bonchev–Trinajstić information content (AvgIpc) is 2.86. The van der Waals surface area contributed by atoms with Gasteiger partial charge in [0.1, 0.15) is 23.9 Å². The van der Waals surface area contributed by atoms with Crippen molar-refractivity contribution in [2.24, 2.45) is 0 Å². The summed E-state index contributed by atoms with van der Waals surface area (Å²) in [5, 5.41) is 8.74. The summed E-state index contributed by atoms with van der Waals surface area (Å²) in [6.45, 7) is -0.114. The normalized spacial score (nSPS) is 11.4. The van der Waals surface area contributed by atoms with Crippen molar-refractivity contribution in [2.75, 3.05) is 6.61 Å². The van der Waals surface area contributed by atoms with Crippen LogP contribution in [0.3, 0.4) is 0 Å². The number of aliphatic carboxylic acids is 1. The number of unbranched alkanes of at least 4 members (excludes halogenated alkanes) is 1. The van der Waals surface area contributed by atoms with Gasteiger partial charge in [-0.25, -0.2) is 0 Å². The maximum absolute atomic E-state index is 12.3.